The van der Waals surface area contributed by atoms with Crippen molar-refractivity contribution in [1.29, 1.82) is 0 Å². The minimum atomic E-state index is -0.398. The predicted molar refractivity (Wildman–Crippen MR) is 70.4 cm³/mol. The first-order valence-corrected chi connectivity index (χ1v) is 6.50. The Morgan fingerprint density at radius 3 is 3.05 bits per heavy atom. The Hall–Kier alpha value is -1.37. The molecule has 1 amide bonds. The summed E-state index contributed by atoms with van der Waals surface area (Å²) >= 11 is 0. The minimum absolute atomic E-state index is 0.281. The fraction of sp³-hybridized carbons (Fsp3) is 0.615. The number of nitrogen functional groups attached to an aromatic ring is 1. The summed E-state index contributed by atoms with van der Waals surface area (Å²) < 4.78 is 11.1. The standard InChI is InChI=1S/C13H21N3O3/c1-9-6-11(19-12(9)13(17)15-14)8-16(2)7-10-4-3-5-18-10/h6,10H,3-5,7-8,14H2,1-2H3,(H,15,17). The van der Waals surface area contributed by atoms with Crippen LogP contribution in [0.25, 0.3) is 0 Å². The third-order valence-electron chi connectivity index (χ3n) is 3.27. The molecule has 1 aliphatic heterocycles. The topological polar surface area (TPSA) is 80.7 Å². The van der Waals surface area contributed by atoms with E-state index in [0.717, 1.165) is 37.3 Å². The van der Waals surface area contributed by atoms with E-state index >= 15 is 0 Å². The molecule has 19 heavy (non-hydrogen) atoms. The fourth-order valence-electron chi connectivity index (χ4n) is 2.38. The second-order valence-corrected chi connectivity index (χ2v) is 5.03. The Bertz CT molecular complexity index is 438. The summed E-state index contributed by atoms with van der Waals surface area (Å²) in [6, 6.07) is 1.87. The summed E-state index contributed by atoms with van der Waals surface area (Å²) in [5.74, 6) is 5.75. The number of hydrazine groups is 1. The van der Waals surface area contributed by atoms with Gasteiger partial charge in [0.1, 0.15) is 5.76 Å². The van der Waals surface area contributed by atoms with Gasteiger partial charge in [0.05, 0.1) is 12.6 Å². The zero-order valence-corrected chi connectivity index (χ0v) is 11.4. The zero-order chi connectivity index (χ0) is 13.8. The zero-order valence-electron chi connectivity index (χ0n) is 11.4. The smallest absolute Gasteiger partial charge is 0.301 e. The molecule has 0 aliphatic carbocycles. The van der Waals surface area contributed by atoms with Crippen LogP contribution in [0.15, 0.2) is 10.5 Å². The van der Waals surface area contributed by atoms with Crippen LogP contribution in [0, 0.1) is 6.92 Å². The molecule has 2 heterocycles. The summed E-state index contributed by atoms with van der Waals surface area (Å²) in [6.07, 6.45) is 2.56. The minimum Gasteiger partial charge on any atom is -0.454 e. The molecule has 0 spiro atoms. The van der Waals surface area contributed by atoms with Gasteiger partial charge in [-0.2, -0.15) is 0 Å². The normalized spacial score (nSPS) is 19.1. The van der Waals surface area contributed by atoms with Gasteiger partial charge in [-0.25, -0.2) is 5.84 Å². The van der Waals surface area contributed by atoms with E-state index in [1.54, 1.807) is 0 Å². The van der Waals surface area contributed by atoms with Crippen molar-refractivity contribution in [1.82, 2.24) is 10.3 Å². The van der Waals surface area contributed by atoms with Crippen LogP contribution in [-0.4, -0.2) is 37.1 Å². The molecule has 2 rings (SSSR count). The number of hydrogen-bond donors (Lipinski definition) is 2. The number of hydrogen-bond acceptors (Lipinski definition) is 5. The van der Waals surface area contributed by atoms with Crippen molar-refractivity contribution in [2.24, 2.45) is 5.84 Å². The lowest BCUT2D eigenvalue weighted by molar-refractivity contribution is 0.0768. The monoisotopic (exact) mass is 267 g/mol. The largest absolute Gasteiger partial charge is 0.454 e. The van der Waals surface area contributed by atoms with E-state index in [9.17, 15) is 4.79 Å². The van der Waals surface area contributed by atoms with Crippen LogP contribution < -0.4 is 11.3 Å². The Labute approximate surface area is 112 Å². The summed E-state index contributed by atoms with van der Waals surface area (Å²) in [5, 5.41) is 0. The van der Waals surface area contributed by atoms with E-state index in [0.29, 0.717) is 12.6 Å². The molecule has 3 N–H and O–H groups in total. The molecule has 0 bridgehead atoms. The number of carbonyl (C=O) groups is 1. The number of rotatable bonds is 5. The third kappa shape index (κ3) is 3.56. The molecule has 6 nitrogen and oxygen atoms in total. The second kappa shape index (κ2) is 6.18. The van der Waals surface area contributed by atoms with Gasteiger partial charge in [0, 0.05) is 18.7 Å². The summed E-state index contributed by atoms with van der Waals surface area (Å²) in [6.45, 7) is 4.22. The van der Waals surface area contributed by atoms with Crippen molar-refractivity contribution in [3.05, 3.63) is 23.2 Å². The number of nitrogens with zero attached hydrogens (tertiary/aromatic N) is 1. The highest BCUT2D eigenvalue weighted by Crippen LogP contribution is 2.17. The maximum atomic E-state index is 11.4. The molecule has 0 radical (unpaired) electrons. The van der Waals surface area contributed by atoms with Crippen molar-refractivity contribution >= 4 is 5.91 Å². The van der Waals surface area contributed by atoms with Crippen molar-refractivity contribution in [2.75, 3.05) is 20.2 Å². The van der Waals surface area contributed by atoms with Gasteiger partial charge in [-0.05, 0) is 32.9 Å². The SMILES string of the molecule is Cc1cc(CN(C)CC2CCCO2)oc1C(=O)NN. The molecule has 106 valence electrons. The van der Waals surface area contributed by atoms with Crippen LogP contribution in [-0.2, 0) is 11.3 Å². The first-order chi connectivity index (χ1) is 9.10. The van der Waals surface area contributed by atoms with Crippen molar-refractivity contribution < 1.29 is 13.9 Å². The van der Waals surface area contributed by atoms with E-state index in [1.807, 2.05) is 20.0 Å². The molecule has 1 fully saturated rings. The van der Waals surface area contributed by atoms with Crippen LogP contribution in [0.1, 0.15) is 34.7 Å². The maximum Gasteiger partial charge on any atom is 0.301 e. The number of amides is 1. The number of ether oxygens (including phenoxy) is 1. The highest BCUT2D eigenvalue weighted by Gasteiger charge is 2.19. The Morgan fingerprint density at radius 2 is 2.42 bits per heavy atom. The van der Waals surface area contributed by atoms with Crippen LogP contribution in [0.4, 0.5) is 0 Å². The number of likely N-dealkylation sites (N-methyl/N-ethyl adjacent to an activating group) is 1. The maximum absolute atomic E-state index is 11.4. The third-order valence-corrected chi connectivity index (χ3v) is 3.27. The van der Waals surface area contributed by atoms with Gasteiger partial charge in [-0.15, -0.1) is 0 Å². The molecule has 1 saturated heterocycles. The molecule has 1 unspecified atom stereocenters. The molecule has 1 aromatic rings. The molecule has 1 atom stereocenters. The van der Waals surface area contributed by atoms with Crippen molar-refractivity contribution in [3.63, 3.8) is 0 Å². The van der Waals surface area contributed by atoms with Gasteiger partial charge in [-0.3, -0.25) is 15.1 Å². The van der Waals surface area contributed by atoms with Gasteiger partial charge in [0.2, 0.25) is 0 Å². The summed E-state index contributed by atoms with van der Waals surface area (Å²) in [7, 11) is 2.02. The molecule has 1 aliphatic rings. The van der Waals surface area contributed by atoms with Crippen LogP contribution in [0.3, 0.4) is 0 Å². The van der Waals surface area contributed by atoms with Gasteiger partial charge in [0.15, 0.2) is 5.76 Å². The van der Waals surface area contributed by atoms with Crippen LogP contribution in [0.2, 0.25) is 0 Å². The highest BCUT2D eigenvalue weighted by atomic mass is 16.5. The van der Waals surface area contributed by atoms with E-state index in [4.69, 9.17) is 15.0 Å². The summed E-state index contributed by atoms with van der Waals surface area (Å²) in [5.41, 5.74) is 2.88. The Kier molecular flexibility index (Phi) is 4.57. The predicted octanol–water partition coefficient (Wildman–Crippen LogP) is 0.802. The number of carbonyl (C=O) groups excluding carboxylic acids is 1. The molecular weight excluding hydrogens is 246 g/mol. The molecule has 6 heteroatoms. The first kappa shape index (κ1) is 14.0. The number of nitrogens with one attached hydrogen (secondary N) is 1. The quantitative estimate of drug-likeness (QED) is 0.468. The van der Waals surface area contributed by atoms with Crippen LogP contribution in [0.5, 0.6) is 0 Å². The fourth-order valence-corrected chi connectivity index (χ4v) is 2.38. The van der Waals surface area contributed by atoms with Gasteiger partial charge >= 0.3 is 5.91 Å². The second-order valence-electron chi connectivity index (χ2n) is 5.03. The average molecular weight is 267 g/mol. The van der Waals surface area contributed by atoms with E-state index in [2.05, 4.69) is 10.3 Å². The number of aryl methyl sites for hydroxylation is 1. The average Bonchev–Trinajstić information content (AvgIpc) is 2.98. The Balaban J connectivity index is 1.93. The van der Waals surface area contributed by atoms with Gasteiger partial charge in [-0.1, -0.05) is 0 Å². The van der Waals surface area contributed by atoms with Gasteiger partial charge < -0.3 is 9.15 Å². The summed E-state index contributed by atoms with van der Waals surface area (Å²) in [4.78, 5) is 13.6. The van der Waals surface area contributed by atoms with Gasteiger partial charge in [0.25, 0.3) is 0 Å². The molecule has 0 saturated carbocycles. The van der Waals surface area contributed by atoms with E-state index in [1.165, 1.54) is 0 Å². The lowest BCUT2D eigenvalue weighted by atomic mass is 10.2. The van der Waals surface area contributed by atoms with Crippen LogP contribution >= 0.6 is 0 Å². The first-order valence-electron chi connectivity index (χ1n) is 6.50. The molecular formula is C13H21N3O3. The number of nitrogens with two attached hydrogens (primary N) is 1. The van der Waals surface area contributed by atoms with E-state index in [-0.39, 0.29) is 5.76 Å². The Morgan fingerprint density at radius 1 is 1.63 bits per heavy atom. The van der Waals surface area contributed by atoms with Crippen molar-refractivity contribution in [3.8, 4) is 0 Å². The van der Waals surface area contributed by atoms with Crippen molar-refractivity contribution in [2.45, 2.75) is 32.4 Å². The molecule has 0 aromatic carbocycles. The number of furan rings is 1. The molecule has 1 aromatic heterocycles. The van der Waals surface area contributed by atoms with E-state index < -0.39 is 5.91 Å². The highest BCUT2D eigenvalue weighted by molar-refractivity contribution is 5.92. The lowest BCUT2D eigenvalue weighted by Crippen LogP contribution is -2.30. The lowest BCUT2D eigenvalue weighted by Gasteiger charge is -2.19.